The maximum Gasteiger partial charge on any atom is 0.192 e. The van der Waals surface area contributed by atoms with Crippen LogP contribution in [0.25, 0.3) is 0 Å². The fourth-order valence-electron chi connectivity index (χ4n) is 4.50. The number of rotatable bonds is 13. The molecule has 1 aromatic rings. The Morgan fingerprint density at radius 1 is 0.974 bits per heavy atom. The van der Waals surface area contributed by atoms with Gasteiger partial charge >= 0.3 is 0 Å². The summed E-state index contributed by atoms with van der Waals surface area (Å²) < 4.78 is 52.9. The summed E-state index contributed by atoms with van der Waals surface area (Å²) in [6.07, 6.45) is 1.75. The molecule has 0 bridgehead atoms. The van der Waals surface area contributed by atoms with Gasteiger partial charge in [-0.05, 0) is 54.8 Å². The highest BCUT2D eigenvalue weighted by Gasteiger charge is 2.48. The van der Waals surface area contributed by atoms with Gasteiger partial charge in [0.05, 0.1) is 41.7 Å². The molecule has 1 saturated heterocycles. The lowest BCUT2D eigenvalue weighted by molar-refractivity contribution is -0.0357. The van der Waals surface area contributed by atoms with E-state index in [9.17, 15) is 8.42 Å². The highest BCUT2D eigenvalue weighted by Crippen LogP contribution is 2.41. The molecule has 5 atom stereocenters. The summed E-state index contributed by atoms with van der Waals surface area (Å²) in [4.78, 5) is 0.322. The Morgan fingerprint density at radius 2 is 1.54 bits per heavy atom. The Balaban J connectivity index is 2.35. The first kappa shape index (κ1) is 34.4. The lowest BCUT2D eigenvalue weighted by atomic mass is 9.94. The van der Waals surface area contributed by atoms with Crippen LogP contribution in [0.5, 0.6) is 0 Å². The molecule has 6 nitrogen and oxygen atoms in total. The van der Waals surface area contributed by atoms with Crippen molar-refractivity contribution in [2.75, 3.05) is 19.5 Å². The second-order valence-electron chi connectivity index (χ2n) is 14.0. The lowest BCUT2D eigenvalue weighted by Gasteiger charge is -2.42. The van der Waals surface area contributed by atoms with Crippen LogP contribution in [-0.4, -0.2) is 68.9 Å². The van der Waals surface area contributed by atoms with Gasteiger partial charge in [0.2, 0.25) is 0 Å². The minimum Gasteiger partial charge on any atom is -0.414 e. The molecule has 0 amide bonds. The van der Waals surface area contributed by atoms with E-state index in [2.05, 4.69) is 74.3 Å². The third-order valence-corrected chi connectivity index (χ3v) is 19.8. The second-order valence-corrected chi connectivity index (χ2v) is 25.6. The van der Waals surface area contributed by atoms with Gasteiger partial charge in [-0.1, -0.05) is 65.8 Å². The summed E-state index contributed by atoms with van der Waals surface area (Å²) in [6, 6.07) is 8.62. The molecule has 39 heavy (non-hydrogen) atoms. The molecule has 1 fully saturated rings. The molecule has 2 rings (SSSR count). The van der Waals surface area contributed by atoms with E-state index in [0.29, 0.717) is 24.3 Å². The van der Waals surface area contributed by atoms with E-state index >= 15 is 0 Å². The molecule has 224 valence electrons. The first-order chi connectivity index (χ1) is 17.8. The summed E-state index contributed by atoms with van der Waals surface area (Å²) in [6.45, 7) is 26.8. The number of benzene rings is 1. The smallest absolute Gasteiger partial charge is 0.192 e. The fraction of sp³-hybridized carbons (Fsp3) is 0.733. The fourth-order valence-corrected chi connectivity index (χ4v) is 8.56. The first-order valence-corrected chi connectivity index (χ1v) is 21.6. The molecule has 0 aromatic heterocycles. The first-order valence-electron chi connectivity index (χ1n) is 14.1. The average Bonchev–Trinajstić information content (AvgIpc) is 3.11. The molecule has 0 aliphatic carbocycles. The number of hydrogen-bond donors (Lipinski definition) is 0. The van der Waals surface area contributed by atoms with Gasteiger partial charge in [0, 0.05) is 19.4 Å². The van der Waals surface area contributed by atoms with Crippen molar-refractivity contribution in [3.8, 4) is 0 Å². The molecule has 1 aromatic carbocycles. The van der Waals surface area contributed by atoms with Gasteiger partial charge in [-0.2, -0.15) is 0 Å². The standard InChI is InChI=1S/C30H54O6SSi2/c1-13-17-26-25(22-37(31,32)24-18-15-14-16-19-24)28(33-8)27(35-26)20-23(36-39(11,12)30(5,6)7)21-34-38(9,10)29(2,3)4/h13-16,18-19,23,25-28H,1,17,20-22H2,2-12H3/t23-,25?,26-,27+,28+/m0/s1. The molecule has 1 aliphatic heterocycles. The minimum atomic E-state index is -3.52. The van der Waals surface area contributed by atoms with Crippen molar-refractivity contribution >= 4 is 26.5 Å². The predicted octanol–water partition coefficient (Wildman–Crippen LogP) is 7.24. The zero-order valence-corrected chi connectivity index (χ0v) is 29.1. The van der Waals surface area contributed by atoms with Crippen molar-refractivity contribution in [3.63, 3.8) is 0 Å². The van der Waals surface area contributed by atoms with E-state index in [0.717, 1.165) is 0 Å². The van der Waals surface area contributed by atoms with Gasteiger partial charge in [-0.25, -0.2) is 8.42 Å². The van der Waals surface area contributed by atoms with Crippen molar-refractivity contribution in [2.24, 2.45) is 5.92 Å². The van der Waals surface area contributed by atoms with Crippen LogP contribution in [0.3, 0.4) is 0 Å². The second kappa shape index (κ2) is 13.0. The van der Waals surface area contributed by atoms with Crippen LogP contribution in [-0.2, 0) is 28.2 Å². The van der Waals surface area contributed by atoms with Crippen molar-refractivity contribution < 1.29 is 26.7 Å². The van der Waals surface area contributed by atoms with Crippen molar-refractivity contribution in [1.29, 1.82) is 0 Å². The molecule has 0 spiro atoms. The maximum absolute atomic E-state index is 13.4. The van der Waals surface area contributed by atoms with Crippen LogP contribution < -0.4 is 0 Å². The SMILES string of the molecule is C=CC[C@@H]1O[C@H](C[C@@H](CO[Si](C)(C)C(C)(C)C)O[Si](C)(C)C(C)(C)C)[C@H](OC)C1CS(=O)(=O)c1ccccc1. The van der Waals surface area contributed by atoms with Crippen molar-refractivity contribution in [2.45, 2.75) is 120 Å². The zero-order chi connectivity index (χ0) is 29.9. The van der Waals surface area contributed by atoms with Crippen LogP contribution in [0.2, 0.25) is 36.3 Å². The van der Waals surface area contributed by atoms with Crippen molar-refractivity contribution in [3.05, 3.63) is 43.0 Å². The quantitative estimate of drug-likeness (QED) is 0.176. The molecule has 1 heterocycles. The monoisotopic (exact) mass is 598 g/mol. The van der Waals surface area contributed by atoms with E-state index in [-0.39, 0.29) is 46.2 Å². The normalized spacial score (nSPS) is 24.1. The molecule has 0 saturated carbocycles. The molecule has 0 radical (unpaired) electrons. The number of hydrogen-bond acceptors (Lipinski definition) is 6. The molecule has 0 N–H and O–H groups in total. The zero-order valence-electron chi connectivity index (χ0n) is 26.2. The summed E-state index contributed by atoms with van der Waals surface area (Å²) in [5.41, 5.74) is 0. The third kappa shape index (κ3) is 8.83. The highest BCUT2D eigenvalue weighted by atomic mass is 32.2. The number of sulfone groups is 1. The Kier molecular flexibility index (Phi) is 11.5. The highest BCUT2D eigenvalue weighted by molar-refractivity contribution is 7.91. The minimum absolute atomic E-state index is 0.0388. The number of ether oxygens (including phenoxy) is 2. The van der Waals surface area contributed by atoms with Gasteiger partial charge in [-0.3, -0.25) is 0 Å². The lowest BCUT2D eigenvalue weighted by Crippen LogP contribution is -2.49. The third-order valence-electron chi connectivity index (χ3n) is 9.00. The van der Waals surface area contributed by atoms with Gasteiger partial charge in [0.25, 0.3) is 0 Å². The van der Waals surface area contributed by atoms with E-state index in [4.69, 9.17) is 18.3 Å². The Morgan fingerprint density at radius 3 is 2.03 bits per heavy atom. The molecular weight excluding hydrogens is 545 g/mol. The molecular formula is C30H54O6SSi2. The van der Waals surface area contributed by atoms with E-state index in [1.807, 2.05) is 6.07 Å². The molecule has 1 unspecified atom stereocenters. The maximum atomic E-state index is 13.4. The van der Waals surface area contributed by atoms with Gasteiger partial charge in [0.1, 0.15) is 0 Å². The van der Waals surface area contributed by atoms with Gasteiger partial charge < -0.3 is 18.3 Å². The average molecular weight is 599 g/mol. The van der Waals surface area contributed by atoms with Crippen LogP contribution in [0.1, 0.15) is 54.4 Å². The van der Waals surface area contributed by atoms with Crippen molar-refractivity contribution in [1.82, 2.24) is 0 Å². The van der Waals surface area contributed by atoms with Gasteiger partial charge in [-0.15, -0.1) is 6.58 Å². The van der Waals surface area contributed by atoms with E-state index in [1.165, 1.54) is 0 Å². The summed E-state index contributed by atoms with van der Waals surface area (Å²) in [5, 5.41) is 0.122. The van der Waals surface area contributed by atoms with Crippen LogP contribution in [0.15, 0.2) is 47.9 Å². The Hall–Kier alpha value is -0.816. The van der Waals surface area contributed by atoms with Crippen LogP contribution >= 0.6 is 0 Å². The van der Waals surface area contributed by atoms with Crippen LogP contribution in [0, 0.1) is 5.92 Å². The Bertz CT molecular complexity index is 1030. The largest absolute Gasteiger partial charge is 0.414 e. The summed E-state index contributed by atoms with van der Waals surface area (Å²) in [7, 11) is -6.00. The van der Waals surface area contributed by atoms with E-state index < -0.39 is 26.5 Å². The predicted molar refractivity (Wildman–Crippen MR) is 166 cm³/mol. The Labute approximate surface area is 241 Å². The molecule has 1 aliphatic rings. The van der Waals surface area contributed by atoms with E-state index in [1.54, 1.807) is 37.5 Å². The number of methoxy groups -OCH3 is 1. The molecule has 9 heteroatoms. The summed E-state index contributed by atoms with van der Waals surface area (Å²) in [5.74, 6) is -0.364. The van der Waals surface area contributed by atoms with Gasteiger partial charge in [0.15, 0.2) is 26.5 Å². The summed E-state index contributed by atoms with van der Waals surface area (Å²) >= 11 is 0. The van der Waals surface area contributed by atoms with Crippen LogP contribution in [0.4, 0.5) is 0 Å². The topological polar surface area (TPSA) is 71.1 Å².